The standard InChI is InChI=1S/C6H16O3Si.F4Si/c1-4-7-10(8-5-2)9-6-3;1-5(2,3)4/h10H,4-6H2,1-3H3;. The van der Waals surface area contributed by atoms with Gasteiger partial charge in [0, 0.05) is 19.8 Å². The molecule has 94 valence electrons. The summed E-state index contributed by atoms with van der Waals surface area (Å²) in [4.78, 5) is 0. The van der Waals surface area contributed by atoms with Gasteiger partial charge in [-0.2, -0.15) is 0 Å². The van der Waals surface area contributed by atoms with Gasteiger partial charge in [-0.05, 0) is 20.8 Å². The lowest BCUT2D eigenvalue weighted by atomic mass is 10.9. The predicted molar refractivity (Wildman–Crippen MR) is 52.2 cm³/mol. The van der Waals surface area contributed by atoms with Crippen LogP contribution >= 0.6 is 0 Å². The molecule has 0 radical (unpaired) electrons. The zero-order valence-corrected chi connectivity index (χ0v) is 11.1. The molecule has 0 aromatic carbocycles. The SMILES string of the molecule is CCO[SiH](OCC)OCC.F[Si](F)(F)F. The molecule has 0 aliphatic carbocycles. The van der Waals surface area contributed by atoms with Crippen molar-refractivity contribution in [1.82, 2.24) is 0 Å². The fourth-order valence-corrected chi connectivity index (χ4v) is 1.66. The molecule has 0 atom stereocenters. The zero-order chi connectivity index (χ0) is 12.3. The van der Waals surface area contributed by atoms with E-state index in [9.17, 15) is 16.4 Å². The number of rotatable bonds is 6. The highest BCUT2D eigenvalue weighted by Crippen LogP contribution is 2.06. The topological polar surface area (TPSA) is 27.7 Å². The minimum Gasteiger partial charge on any atom is -0.376 e. The normalized spacial score (nSPS) is 11.2. The van der Waals surface area contributed by atoms with Crippen molar-refractivity contribution in [3.05, 3.63) is 0 Å². The average Bonchev–Trinajstić information content (AvgIpc) is 2.02. The first kappa shape index (κ1) is 17.4. The summed E-state index contributed by atoms with van der Waals surface area (Å²) >= 11 is 0. The van der Waals surface area contributed by atoms with E-state index in [1.165, 1.54) is 0 Å². The average molecular weight is 268 g/mol. The van der Waals surface area contributed by atoms with Crippen molar-refractivity contribution in [1.29, 1.82) is 0 Å². The molecular weight excluding hydrogens is 252 g/mol. The van der Waals surface area contributed by atoms with Gasteiger partial charge in [-0.1, -0.05) is 0 Å². The van der Waals surface area contributed by atoms with Gasteiger partial charge in [0.15, 0.2) is 0 Å². The quantitative estimate of drug-likeness (QED) is 0.419. The van der Waals surface area contributed by atoms with E-state index in [1.54, 1.807) is 0 Å². The van der Waals surface area contributed by atoms with Crippen LogP contribution in [-0.2, 0) is 13.3 Å². The monoisotopic (exact) mass is 268 g/mol. The molecule has 0 aliphatic heterocycles. The Morgan fingerprint density at radius 1 is 0.800 bits per heavy atom. The third kappa shape index (κ3) is 24.9. The van der Waals surface area contributed by atoms with Crippen LogP contribution in [-0.4, -0.2) is 38.8 Å². The summed E-state index contributed by atoms with van der Waals surface area (Å²) in [6, 6.07) is 0. The maximum absolute atomic E-state index is 9.83. The first-order valence-corrected chi connectivity index (χ1v) is 7.38. The van der Waals surface area contributed by atoms with E-state index in [2.05, 4.69) is 0 Å². The molecule has 0 unspecified atom stereocenters. The van der Waals surface area contributed by atoms with Crippen molar-refractivity contribution in [2.75, 3.05) is 19.8 Å². The first-order valence-electron chi connectivity index (χ1n) is 4.45. The Hall–Kier alpha value is 0.0338. The molecule has 0 aliphatic rings. The van der Waals surface area contributed by atoms with Crippen molar-refractivity contribution in [2.45, 2.75) is 20.8 Å². The van der Waals surface area contributed by atoms with Crippen LogP contribution in [0.3, 0.4) is 0 Å². The minimum atomic E-state index is -6.61. The molecule has 0 aromatic heterocycles. The van der Waals surface area contributed by atoms with E-state index in [4.69, 9.17) is 13.3 Å². The smallest absolute Gasteiger partial charge is 0.376 e. The van der Waals surface area contributed by atoms with E-state index in [-0.39, 0.29) is 0 Å². The van der Waals surface area contributed by atoms with Crippen LogP contribution in [0.2, 0.25) is 0 Å². The molecule has 0 rings (SSSR count). The molecule has 3 nitrogen and oxygen atoms in total. The zero-order valence-electron chi connectivity index (χ0n) is 8.94. The highest BCUT2D eigenvalue weighted by atomic mass is 28.5. The number of hydrogen-bond donors (Lipinski definition) is 0. The second-order valence-corrected chi connectivity index (χ2v) is 4.52. The molecular formula is C6H16F4O3Si2. The van der Waals surface area contributed by atoms with Crippen molar-refractivity contribution in [2.24, 2.45) is 0 Å². The van der Waals surface area contributed by atoms with Crippen LogP contribution in [0.5, 0.6) is 0 Å². The molecule has 15 heavy (non-hydrogen) atoms. The van der Waals surface area contributed by atoms with Crippen LogP contribution in [0.25, 0.3) is 0 Å². The van der Waals surface area contributed by atoms with Gasteiger partial charge < -0.3 is 13.3 Å². The molecule has 9 heteroatoms. The van der Waals surface area contributed by atoms with E-state index >= 15 is 0 Å². The highest BCUT2D eigenvalue weighted by molar-refractivity contribution is 6.50. The molecule has 0 aromatic rings. The Kier molecular flexibility index (Phi) is 12.3. The summed E-state index contributed by atoms with van der Waals surface area (Å²) < 4.78 is 55.0. The Morgan fingerprint density at radius 3 is 1.13 bits per heavy atom. The Morgan fingerprint density at radius 2 is 1.00 bits per heavy atom. The van der Waals surface area contributed by atoms with Gasteiger partial charge in [-0.3, -0.25) is 0 Å². The molecule has 0 saturated carbocycles. The summed E-state index contributed by atoms with van der Waals surface area (Å²) in [5.74, 6) is 0. The Bertz CT molecular complexity index is 116. The fraction of sp³-hybridized carbons (Fsp3) is 1.00. The van der Waals surface area contributed by atoms with Gasteiger partial charge in [0.1, 0.15) is 0 Å². The summed E-state index contributed by atoms with van der Waals surface area (Å²) in [5.41, 5.74) is 0. The molecule has 0 bridgehead atoms. The van der Waals surface area contributed by atoms with Crippen LogP contribution in [0, 0.1) is 0 Å². The number of hydrogen-bond acceptors (Lipinski definition) is 3. The fourth-order valence-electron chi connectivity index (χ4n) is 0.553. The van der Waals surface area contributed by atoms with Gasteiger partial charge in [0.2, 0.25) is 0 Å². The molecule has 0 N–H and O–H groups in total. The van der Waals surface area contributed by atoms with E-state index in [0.29, 0.717) is 19.8 Å². The first-order chi connectivity index (χ1) is 6.85. The Balaban J connectivity index is 0. The number of halogens is 4. The maximum Gasteiger partial charge on any atom is 0.844 e. The second-order valence-electron chi connectivity index (χ2n) is 2.08. The van der Waals surface area contributed by atoms with E-state index < -0.39 is 18.9 Å². The molecule has 0 heterocycles. The second kappa shape index (κ2) is 10.5. The van der Waals surface area contributed by atoms with Gasteiger partial charge in [0.05, 0.1) is 0 Å². The van der Waals surface area contributed by atoms with Crippen molar-refractivity contribution in [3.8, 4) is 0 Å². The largest absolute Gasteiger partial charge is 0.844 e. The lowest BCUT2D eigenvalue weighted by Crippen LogP contribution is -2.27. The van der Waals surface area contributed by atoms with E-state index in [1.807, 2.05) is 20.8 Å². The highest BCUT2D eigenvalue weighted by Gasteiger charge is 2.39. The molecule has 0 fully saturated rings. The van der Waals surface area contributed by atoms with Crippen molar-refractivity contribution < 1.29 is 29.7 Å². The van der Waals surface area contributed by atoms with E-state index in [0.717, 1.165) is 0 Å². The minimum absolute atomic E-state index is 0.677. The van der Waals surface area contributed by atoms with Gasteiger partial charge in [-0.15, -0.1) is 0 Å². The summed E-state index contributed by atoms with van der Waals surface area (Å²) in [5, 5.41) is 0. The predicted octanol–water partition coefficient (Wildman–Crippen LogP) is 2.11. The Labute approximate surface area is 90.0 Å². The van der Waals surface area contributed by atoms with Crippen molar-refractivity contribution >= 4 is 18.9 Å². The lowest BCUT2D eigenvalue weighted by molar-refractivity contribution is 0.107. The van der Waals surface area contributed by atoms with Crippen LogP contribution < -0.4 is 0 Å². The van der Waals surface area contributed by atoms with Crippen LogP contribution in [0.15, 0.2) is 0 Å². The van der Waals surface area contributed by atoms with Gasteiger partial charge in [0.25, 0.3) is 0 Å². The summed E-state index contributed by atoms with van der Waals surface area (Å²) in [6.07, 6.45) is 0. The third-order valence-corrected chi connectivity index (χ3v) is 2.72. The summed E-state index contributed by atoms with van der Waals surface area (Å²) in [7, 11) is -8.34. The van der Waals surface area contributed by atoms with Crippen molar-refractivity contribution in [3.63, 3.8) is 0 Å². The third-order valence-electron chi connectivity index (χ3n) is 0.908. The molecule has 0 amide bonds. The van der Waals surface area contributed by atoms with Crippen LogP contribution in [0.4, 0.5) is 16.4 Å². The lowest BCUT2D eigenvalue weighted by Gasteiger charge is -2.12. The van der Waals surface area contributed by atoms with Gasteiger partial charge >= 0.3 is 18.9 Å². The molecule has 0 saturated heterocycles. The van der Waals surface area contributed by atoms with Gasteiger partial charge in [-0.25, -0.2) is 16.4 Å². The maximum atomic E-state index is 9.83. The van der Waals surface area contributed by atoms with Crippen LogP contribution in [0.1, 0.15) is 20.8 Å². The molecule has 0 spiro atoms. The summed E-state index contributed by atoms with van der Waals surface area (Å²) in [6.45, 7) is 7.86.